The molecule has 5 heteroatoms. The molecule has 0 unspecified atom stereocenters. The third-order valence-corrected chi connectivity index (χ3v) is 14.6. The Morgan fingerprint density at radius 1 is 1.05 bits per heavy atom. The molecule has 1 spiro atoms. The van der Waals surface area contributed by atoms with E-state index in [0.717, 1.165) is 43.1 Å². The van der Waals surface area contributed by atoms with E-state index in [0.29, 0.717) is 28.2 Å². The van der Waals surface area contributed by atoms with Crippen LogP contribution in [0.1, 0.15) is 112 Å². The van der Waals surface area contributed by atoms with E-state index >= 15 is 0 Å². The number of nitrogens with one attached hydrogen (secondary N) is 1. The highest BCUT2D eigenvalue weighted by atomic mass is 16.6. The van der Waals surface area contributed by atoms with Crippen LogP contribution in [0.4, 0.5) is 0 Å². The van der Waals surface area contributed by atoms with Crippen molar-refractivity contribution in [1.29, 1.82) is 0 Å². The second kappa shape index (κ2) is 7.75. The summed E-state index contributed by atoms with van der Waals surface area (Å²) in [5.74, 6) is 3.05. The van der Waals surface area contributed by atoms with Crippen molar-refractivity contribution < 1.29 is 19.4 Å². The highest BCUT2D eigenvalue weighted by Crippen LogP contribution is 2.81. The van der Waals surface area contributed by atoms with Gasteiger partial charge in [-0.15, -0.1) is 0 Å². The van der Waals surface area contributed by atoms with E-state index in [1.54, 1.807) is 0 Å². The quantitative estimate of drug-likeness (QED) is 0.453. The lowest BCUT2D eigenvalue weighted by Crippen LogP contribution is -2.80. The number of ether oxygens (including phenoxy) is 2. The number of carbonyl (C=O) groups excluding carboxylic acids is 1. The van der Waals surface area contributed by atoms with E-state index in [1.807, 2.05) is 0 Å². The molecule has 3 aliphatic heterocycles. The summed E-state index contributed by atoms with van der Waals surface area (Å²) < 4.78 is 12.3. The Bertz CT molecular complexity index is 984. The highest BCUT2D eigenvalue weighted by Gasteiger charge is 2.80. The number of aliphatic hydroxyl groups excluding tert-OH is 1. The Balaban J connectivity index is 1.30. The molecule has 2 N–H and O–H groups in total. The first-order valence-corrected chi connectivity index (χ1v) is 15.7. The SMILES string of the molecule is CC(=O)O[C@H]1CC[C@]2(C)O[C@@H](O)[C@@]1(C)[C@H]2CC[C@]12[C@@H]3CCC[C@@]34CC[C@@H]3[C@H]4N[C@H]1[C@@H](C(C)C)CC[C@]32C. The molecule has 5 saturated carbocycles. The molecule has 3 saturated heterocycles. The molecule has 0 aromatic heterocycles. The molecule has 0 aromatic carbocycles. The third-order valence-electron chi connectivity index (χ3n) is 14.6. The van der Waals surface area contributed by atoms with Gasteiger partial charge in [-0.05, 0) is 111 Å². The van der Waals surface area contributed by atoms with Crippen LogP contribution in [0.5, 0.6) is 0 Å². The van der Waals surface area contributed by atoms with Gasteiger partial charge in [0.1, 0.15) is 6.10 Å². The fraction of sp³-hybridized carbons (Fsp3) is 0.969. The van der Waals surface area contributed by atoms with Crippen molar-refractivity contribution in [2.75, 3.05) is 0 Å². The standard InChI is InChI=1S/C32H51NO4/c1-18(2)20-9-14-28(4)21-10-16-31-13-7-8-23(31)32(28,25(20)33-26(21)31)17-11-22-29(5)15-12-24(36-19(3)34)30(22,6)27(35)37-29/h18,20-27,33,35H,7-17H2,1-6H3/t20-,21-,22+,23-,24+,25+,26-,27-,28-,29+,30+,31-,32+/m1/s1. The Morgan fingerprint density at radius 3 is 2.57 bits per heavy atom. The zero-order chi connectivity index (χ0) is 26.2. The molecule has 5 aliphatic carbocycles. The number of rotatable bonds is 5. The molecule has 0 radical (unpaired) electrons. The Morgan fingerprint density at radius 2 is 1.84 bits per heavy atom. The van der Waals surface area contributed by atoms with Crippen LogP contribution in [-0.2, 0) is 14.3 Å². The van der Waals surface area contributed by atoms with Gasteiger partial charge in [0.2, 0.25) is 0 Å². The van der Waals surface area contributed by atoms with E-state index in [1.165, 1.54) is 58.3 Å². The molecule has 8 rings (SSSR count). The van der Waals surface area contributed by atoms with Crippen LogP contribution in [0.3, 0.4) is 0 Å². The van der Waals surface area contributed by atoms with Gasteiger partial charge in [-0.25, -0.2) is 0 Å². The molecule has 37 heavy (non-hydrogen) atoms. The Labute approximate surface area is 224 Å². The number of esters is 1. The maximum absolute atomic E-state index is 12.1. The van der Waals surface area contributed by atoms with Gasteiger partial charge >= 0.3 is 5.97 Å². The number of hydrogen-bond acceptors (Lipinski definition) is 5. The summed E-state index contributed by atoms with van der Waals surface area (Å²) in [4.78, 5) is 12.1. The number of aliphatic hydroxyl groups is 1. The molecular weight excluding hydrogens is 462 g/mol. The van der Waals surface area contributed by atoms with Crippen molar-refractivity contribution in [3.8, 4) is 0 Å². The molecular formula is C32H51NO4. The summed E-state index contributed by atoms with van der Waals surface area (Å²) in [5.41, 5.74) is 0.348. The molecule has 13 atom stereocenters. The minimum atomic E-state index is -0.875. The largest absolute Gasteiger partial charge is 0.462 e. The summed E-state index contributed by atoms with van der Waals surface area (Å²) in [6, 6.07) is 1.34. The van der Waals surface area contributed by atoms with Crippen molar-refractivity contribution in [2.24, 2.45) is 51.2 Å². The lowest BCUT2D eigenvalue weighted by molar-refractivity contribution is -0.249. The molecule has 5 nitrogen and oxygen atoms in total. The van der Waals surface area contributed by atoms with E-state index in [-0.39, 0.29) is 23.6 Å². The fourth-order valence-corrected chi connectivity index (χ4v) is 13.2. The lowest BCUT2D eigenvalue weighted by atomic mass is 9.33. The average molecular weight is 514 g/mol. The number of fused-ring (bicyclic) bond motifs is 2. The molecule has 208 valence electrons. The molecule has 0 amide bonds. The first kappa shape index (κ1) is 25.3. The number of carbonyl (C=O) groups is 1. The van der Waals surface area contributed by atoms with Gasteiger partial charge in [0.25, 0.3) is 0 Å². The van der Waals surface area contributed by atoms with Crippen LogP contribution in [0.25, 0.3) is 0 Å². The number of hydrogen-bond donors (Lipinski definition) is 2. The second-order valence-electron chi connectivity index (χ2n) is 15.7. The predicted molar refractivity (Wildman–Crippen MR) is 142 cm³/mol. The molecule has 3 heterocycles. The molecule has 8 bridgehead atoms. The molecule has 8 aliphatic rings. The summed E-state index contributed by atoms with van der Waals surface area (Å²) in [7, 11) is 0. The van der Waals surface area contributed by atoms with Crippen molar-refractivity contribution in [3.05, 3.63) is 0 Å². The summed E-state index contributed by atoms with van der Waals surface area (Å²) in [5, 5.41) is 15.7. The number of piperidine rings is 2. The van der Waals surface area contributed by atoms with Crippen molar-refractivity contribution in [2.45, 2.75) is 142 Å². The average Bonchev–Trinajstić information content (AvgIpc) is 3.44. The van der Waals surface area contributed by atoms with E-state index in [9.17, 15) is 9.90 Å². The van der Waals surface area contributed by atoms with Crippen LogP contribution in [-0.4, -0.2) is 41.2 Å². The van der Waals surface area contributed by atoms with Gasteiger partial charge in [-0.2, -0.15) is 0 Å². The van der Waals surface area contributed by atoms with Crippen LogP contribution in [0.2, 0.25) is 0 Å². The van der Waals surface area contributed by atoms with Crippen molar-refractivity contribution in [3.63, 3.8) is 0 Å². The van der Waals surface area contributed by atoms with Gasteiger partial charge in [-0.3, -0.25) is 4.79 Å². The van der Waals surface area contributed by atoms with Crippen molar-refractivity contribution in [1.82, 2.24) is 5.32 Å². The highest BCUT2D eigenvalue weighted by molar-refractivity contribution is 5.66. The zero-order valence-electron chi connectivity index (χ0n) is 24.1. The third kappa shape index (κ3) is 2.81. The molecule has 0 aromatic rings. The Hall–Kier alpha value is -0.650. The lowest BCUT2D eigenvalue weighted by Gasteiger charge is -2.76. The summed E-state index contributed by atoms with van der Waals surface area (Å²) in [6.07, 6.45) is 12.6. The van der Waals surface area contributed by atoms with Crippen molar-refractivity contribution >= 4 is 5.97 Å². The van der Waals surface area contributed by atoms with Crippen LogP contribution >= 0.6 is 0 Å². The minimum Gasteiger partial charge on any atom is -0.462 e. The van der Waals surface area contributed by atoms with Gasteiger partial charge in [0.05, 0.1) is 11.0 Å². The first-order valence-electron chi connectivity index (χ1n) is 15.7. The van der Waals surface area contributed by atoms with Crippen LogP contribution < -0.4 is 5.32 Å². The van der Waals surface area contributed by atoms with Gasteiger partial charge in [-0.1, -0.05) is 34.1 Å². The molecule has 8 fully saturated rings. The maximum atomic E-state index is 12.1. The fourth-order valence-electron chi connectivity index (χ4n) is 13.2. The monoisotopic (exact) mass is 513 g/mol. The van der Waals surface area contributed by atoms with E-state index < -0.39 is 11.7 Å². The Kier molecular flexibility index (Phi) is 5.31. The first-order chi connectivity index (χ1) is 17.4. The van der Waals surface area contributed by atoms with Gasteiger partial charge in [0.15, 0.2) is 6.29 Å². The normalized spacial score (nSPS) is 59.1. The smallest absolute Gasteiger partial charge is 0.302 e. The summed E-state index contributed by atoms with van der Waals surface area (Å²) in [6.45, 7) is 13.5. The van der Waals surface area contributed by atoms with Gasteiger partial charge in [0, 0.05) is 24.9 Å². The van der Waals surface area contributed by atoms with Gasteiger partial charge < -0.3 is 19.9 Å². The van der Waals surface area contributed by atoms with E-state index in [2.05, 4.69) is 39.9 Å². The van der Waals surface area contributed by atoms with Crippen LogP contribution in [0.15, 0.2) is 0 Å². The predicted octanol–water partition coefficient (Wildman–Crippen LogP) is 5.83. The zero-order valence-corrected chi connectivity index (χ0v) is 24.1. The second-order valence-corrected chi connectivity index (χ2v) is 15.7. The van der Waals surface area contributed by atoms with Crippen LogP contribution in [0, 0.1) is 51.2 Å². The topological polar surface area (TPSA) is 67.8 Å². The summed E-state index contributed by atoms with van der Waals surface area (Å²) >= 11 is 0. The minimum absolute atomic E-state index is 0.193. The van der Waals surface area contributed by atoms with E-state index in [4.69, 9.17) is 9.47 Å². The maximum Gasteiger partial charge on any atom is 0.302 e.